The van der Waals surface area contributed by atoms with Crippen molar-refractivity contribution in [2.45, 2.75) is 59.0 Å². The van der Waals surface area contributed by atoms with Gasteiger partial charge in [0, 0.05) is 13.1 Å². The molecule has 0 aromatic heterocycles. The van der Waals surface area contributed by atoms with Crippen LogP contribution >= 0.6 is 0 Å². The number of hydrogen-bond donors (Lipinski definition) is 1. The molecule has 1 atom stereocenters. The SMILES string of the molecule is CC[C@@H](Oc1ccc(C)c(C)c1)C(=O)Nc1ccccc1C(=O)N1CCCCCC1. The standard InChI is InChI=1S/C25H32N2O3/c1-4-23(30-20-14-13-18(2)19(3)17-20)24(28)26-22-12-8-7-11-21(22)25(29)27-15-9-5-6-10-16-27/h7-8,11-14,17,23H,4-6,9-10,15-16H2,1-3H3,(H,26,28)/t23-/m1/s1. The Labute approximate surface area is 179 Å². The van der Waals surface area contributed by atoms with Crippen molar-refractivity contribution >= 4 is 17.5 Å². The maximum Gasteiger partial charge on any atom is 0.265 e. The molecule has 0 unspecified atom stereocenters. The molecule has 3 rings (SSSR count). The fourth-order valence-corrected chi connectivity index (χ4v) is 3.71. The highest BCUT2D eigenvalue weighted by Gasteiger charge is 2.23. The zero-order valence-electron chi connectivity index (χ0n) is 18.2. The predicted molar refractivity (Wildman–Crippen MR) is 120 cm³/mol. The molecule has 0 spiro atoms. The van der Waals surface area contributed by atoms with Gasteiger partial charge in [0.25, 0.3) is 11.8 Å². The van der Waals surface area contributed by atoms with Gasteiger partial charge in [-0.25, -0.2) is 0 Å². The van der Waals surface area contributed by atoms with Crippen molar-refractivity contribution in [3.63, 3.8) is 0 Å². The van der Waals surface area contributed by atoms with Gasteiger partial charge >= 0.3 is 0 Å². The molecule has 2 aromatic rings. The van der Waals surface area contributed by atoms with Crippen LogP contribution in [0, 0.1) is 13.8 Å². The number of hydrogen-bond acceptors (Lipinski definition) is 3. The van der Waals surface area contributed by atoms with Gasteiger partial charge in [-0.1, -0.05) is 38.0 Å². The highest BCUT2D eigenvalue weighted by molar-refractivity contribution is 6.04. The van der Waals surface area contributed by atoms with Gasteiger partial charge in [-0.2, -0.15) is 0 Å². The Balaban J connectivity index is 1.73. The lowest BCUT2D eigenvalue weighted by Crippen LogP contribution is -2.35. The Morgan fingerprint density at radius 3 is 2.37 bits per heavy atom. The summed E-state index contributed by atoms with van der Waals surface area (Å²) in [6, 6.07) is 13.1. The Hall–Kier alpha value is -2.82. The molecular formula is C25H32N2O3. The Bertz CT molecular complexity index is 886. The number of likely N-dealkylation sites (tertiary alicyclic amines) is 1. The van der Waals surface area contributed by atoms with E-state index < -0.39 is 6.10 Å². The minimum absolute atomic E-state index is 0.0177. The van der Waals surface area contributed by atoms with E-state index in [2.05, 4.69) is 5.32 Å². The second-order valence-corrected chi connectivity index (χ2v) is 8.00. The second-order valence-electron chi connectivity index (χ2n) is 8.00. The van der Waals surface area contributed by atoms with Gasteiger partial charge in [0.15, 0.2) is 6.10 Å². The first-order valence-corrected chi connectivity index (χ1v) is 10.9. The largest absolute Gasteiger partial charge is 0.481 e. The van der Waals surface area contributed by atoms with Crippen molar-refractivity contribution < 1.29 is 14.3 Å². The fraction of sp³-hybridized carbons (Fsp3) is 0.440. The van der Waals surface area contributed by atoms with Crippen LogP contribution in [0.1, 0.15) is 60.5 Å². The van der Waals surface area contributed by atoms with Gasteiger partial charge < -0.3 is 15.0 Å². The van der Waals surface area contributed by atoms with Gasteiger partial charge in [0.2, 0.25) is 0 Å². The topological polar surface area (TPSA) is 58.6 Å². The lowest BCUT2D eigenvalue weighted by atomic mass is 10.1. The number of carbonyl (C=O) groups excluding carboxylic acids is 2. The molecule has 1 aliphatic heterocycles. The fourth-order valence-electron chi connectivity index (χ4n) is 3.71. The van der Waals surface area contributed by atoms with Gasteiger partial charge in [-0.3, -0.25) is 9.59 Å². The molecule has 1 saturated heterocycles. The lowest BCUT2D eigenvalue weighted by Gasteiger charge is -2.23. The zero-order chi connectivity index (χ0) is 21.5. The molecule has 1 fully saturated rings. The smallest absolute Gasteiger partial charge is 0.265 e. The summed E-state index contributed by atoms with van der Waals surface area (Å²) in [5.74, 6) is 0.414. The first-order valence-electron chi connectivity index (χ1n) is 10.9. The van der Waals surface area contributed by atoms with E-state index in [1.165, 1.54) is 5.56 Å². The molecule has 0 bridgehead atoms. The number of anilines is 1. The number of benzene rings is 2. The second kappa shape index (κ2) is 10.3. The number of carbonyl (C=O) groups is 2. The summed E-state index contributed by atoms with van der Waals surface area (Å²) in [7, 11) is 0. The molecule has 5 nitrogen and oxygen atoms in total. The Morgan fingerprint density at radius 1 is 1.00 bits per heavy atom. The van der Waals surface area contributed by atoms with E-state index in [1.807, 2.05) is 56.0 Å². The number of nitrogens with zero attached hydrogens (tertiary/aromatic N) is 1. The molecule has 2 amide bonds. The number of para-hydroxylation sites is 1. The molecule has 0 radical (unpaired) electrons. The van der Waals surface area contributed by atoms with E-state index >= 15 is 0 Å². The number of nitrogens with one attached hydrogen (secondary N) is 1. The number of rotatable bonds is 6. The number of ether oxygens (including phenoxy) is 1. The monoisotopic (exact) mass is 408 g/mol. The molecule has 0 aliphatic carbocycles. The molecule has 5 heteroatoms. The van der Waals surface area contributed by atoms with Crippen molar-refractivity contribution in [1.29, 1.82) is 0 Å². The van der Waals surface area contributed by atoms with Gasteiger partial charge in [0.1, 0.15) is 5.75 Å². The summed E-state index contributed by atoms with van der Waals surface area (Å²) < 4.78 is 5.96. The third-order valence-electron chi connectivity index (χ3n) is 5.73. The first kappa shape index (κ1) is 21.9. The van der Waals surface area contributed by atoms with Crippen LogP contribution in [0.5, 0.6) is 5.75 Å². The third kappa shape index (κ3) is 5.41. The minimum Gasteiger partial charge on any atom is -0.481 e. The highest BCUT2D eigenvalue weighted by atomic mass is 16.5. The van der Waals surface area contributed by atoms with Crippen LogP contribution in [0.3, 0.4) is 0 Å². The normalized spacial score (nSPS) is 15.2. The van der Waals surface area contributed by atoms with Crippen molar-refractivity contribution in [1.82, 2.24) is 4.90 Å². The molecule has 160 valence electrons. The summed E-state index contributed by atoms with van der Waals surface area (Å²) in [5.41, 5.74) is 3.38. The van der Waals surface area contributed by atoms with Crippen molar-refractivity contribution in [3.05, 3.63) is 59.2 Å². The molecule has 30 heavy (non-hydrogen) atoms. The van der Waals surface area contributed by atoms with Crippen molar-refractivity contribution in [2.75, 3.05) is 18.4 Å². The summed E-state index contributed by atoms with van der Waals surface area (Å²) in [5, 5.41) is 2.93. The van der Waals surface area contributed by atoms with Crippen molar-refractivity contribution in [3.8, 4) is 5.75 Å². The van der Waals surface area contributed by atoms with Crippen LogP contribution in [-0.4, -0.2) is 35.9 Å². The summed E-state index contributed by atoms with van der Waals surface area (Å²) >= 11 is 0. The third-order valence-corrected chi connectivity index (χ3v) is 5.73. The average molecular weight is 409 g/mol. The summed E-state index contributed by atoms with van der Waals surface area (Å²) in [4.78, 5) is 27.9. The molecule has 0 saturated carbocycles. The van der Waals surface area contributed by atoms with E-state index in [-0.39, 0.29) is 11.8 Å². The van der Waals surface area contributed by atoms with E-state index in [1.54, 1.807) is 12.1 Å². The van der Waals surface area contributed by atoms with Crippen molar-refractivity contribution in [2.24, 2.45) is 0 Å². The van der Waals surface area contributed by atoms with Crippen LogP contribution in [0.15, 0.2) is 42.5 Å². The van der Waals surface area contributed by atoms with Crippen LogP contribution in [0.25, 0.3) is 0 Å². The van der Waals surface area contributed by atoms with E-state index in [4.69, 9.17) is 4.74 Å². The number of amides is 2. The summed E-state index contributed by atoms with van der Waals surface area (Å²) in [6.07, 6.45) is 4.28. The summed E-state index contributed by atoms with van der Waals surface area (Å²) in [6.45, 7) is 7.53. The zero-order valence-corrected chi connectivity index (χ0v) is 18.2. The molecule has 2 aromatic carbocycles. The van der Waals surface area contributed by atoms with E-state index in [9.17, 15) is 9.59 Å². The molecule has 1 aliphatic rings. The average Bonchev–Trinajstić information content (AvgIpc) is 3.04. The van der Waals surface area contributed by atoms with Crippen LogP contribution in [-0.2, 0) is 4.79 Å². The predicted octanol–water partition coefficient (Wildman–Crippen LogP) is 5.12. The first-order chi connectivity index (χ1) is 14.5. The molecule has 1 heterocycles. The lowest BCUT2D eigenvalue weighted by molar-refractivity contribution is -0.122. The molecule has 1 N–H and O–H groups in total. The highest BCUT2D eigenvalue weighted by Crippen LogP contribution is 2.22. The maximum atomic E-state index is 13.1. The maximum absolute atomic E-state index is 13.1. The minimum atomic E-state index is -0.631. The molecular weight excluding hydrogens is 376 g/mol. The van der Waals surface area contributed by atoms with E-state index in [0.717, 1.165) is 44.3 Å². The van der Waals surface area contributed by atoms with Gasteiger partial charge in [0.05, 0.1) is 11.3 Å². The van der Waals surface area contributed by atoms with Gasteiger partial charge in [-0.15, -0.1) is 0 Å². The van der Waals surface area contributed by atoms with Crippen LogP contribution in [0.4, 0.5) is 5.69 Å². The number of aryl methyl sites for hydroxylation is 2. The Morgan fingerprint density at radius 2 is 1.70 bits per heavy atom. The van der Waals surface area contributed by atoms with Crippen LogP contribution in [0.2, 0.25) is 0 Å². The van der Waals surface area contributed by atoms with Crippen LogP contribution < -0.4 is 10.1 Å². The van der Waals surface area contributed by atoms with Gasteiger partial charge in [-0.05, 0) is 68.5 Å². The quantitative estimate of drug-likeness (QED) is 0.722. The Kier molecular flexibility index (Phi) is 7.50. The van der Waals surface area contributed by atoms with E-state index in [0.29, 0.717) is 23.4 Å².